The Hall–Kier alpha value is 0.820. The second-order valence-corrected chi connectivity index (χ2v) is 0. The molecule has 0 atom stereocenters. The van der Waals surface area contributed by atoms with Crippen molar-refractivity contribution in [2.75, 3.05) is 0 Å². The second-order valence-electron chi connectivity index (χ2n) is 0. The molecule has 0 aromatic carbocycles. The Labute approximate surface area is 52.3 Å². The van der Waals surface area contributed by atoms with Crippen LogP contribution in [0.4, 0.5) is 0 Å². The Balaban J connectivity index is -0.00000000500. The molecule has 2 radical (unpaired) electrons. The molecular weight excluding hydrogens is 285 g/mol. The maximum Gasteiger partial charge on any atom is 0 e. The van der Waals surface area contributed by atoms with E-state index in [1.165, 1.54) is 0 Å². The first kappa shape index (κ1) is 21.2. The normalized spacial score (nSPS) is 0.500. The summed E-state index contributed by atoms with van der Waals surface area (Å²) in [5.41, 5.74) is 0. The van der Waals surface area contributed by atoms with Crippen LogP contribution in [0.15, 0.2) is 0 Å². The van der Waals surface area contributed by atoms with E-state index < -0.39 is 0 Å². The summed E-state index contributed by atoms with van der Waals surface area (Å²) in [5, 5.41) is 0. The van der Waals surface area contributed by atoms with E-state index in [0.29, 0.717) is 0 Å². The fraction of sp³-hybridized carbons (Fsp3) is 0. The SMILES string of the molecule is C#C.[Au].[Cu]. The van der Waals surface area contributed by atoms with Crippen LogP contribution in [0.25, 0.3) is 0 Å². The summed E-state index contributed by atoms with van der Waals surface area (Å²) >= 11 is 0. The molecule has 0 unspecified atom stereocenters. The maximum absolute atomic E-state index is 4.00. The zero-order chi connectivity index (χ0) is 2.00. The van der Waals surface area contributed by atoms with Gasteiger partial charge in [-0.05, 0) is 0 Å². The van der Waals surface area contributed by atoms with Gasteiger partial charge in [0.05, 0.1) is 0 Å². The van der Waals surface area contributed by atoms with Gasteiger partial charge in [-0.15, -0.1) is 12.8 Å². The molecule has 0 fully saturated rings. The molecular formula is C2H2AuCu. The predicted molar refractivity (Wildman–Crippen MR) is 9.89 cm³/mol. The summed E-state index contributed by atoms with van der Waals surface area (Å²) in [5.74, 6) is 0. The number of rotatable bonds is 0. The van der Waals surface area contributed by atoms with Crippen LogP contribution in [-0.4, -0.2) is 0 Å². The molecule has 0 aromatic heterocycles. The minimum absolute atomic E-state index is 0. The molecule has 0 aromatic rings. The average molecular weight is 287 g/mol. The molecule has 0 rings (SSSR count). The predicted octanol–water partition coefficient (Wildman–Crippen LogP) is 0.244. The molecule has 4 heavy (non-hydrogen) atoms. The van der Waals surface area contributed by atoms with E-state index in [-0.39, 0.29) is 39.4 Å². The van der Waals surface area contributed by atoms with Gasteiger partial charge in [0.1, 0.15) is 0 Å². The van der Waals surface area contributed by atoms with Crippen LogP contribution in [0.5, 0.6) is 0 Å². The van der Waals surface area contributed by atoms with Crippen LogP contribution in [-0.2, 0) is 39.4 Å². The van der Waals surface area contributed by atoms with Gasteiger partial charge in [0.2, 0.25) is 0 Å². The molecule has 2 heteroatoms. The maximum atomic E-state index is 4.00. The third-order valence-corrected chi connectivity index (χ3v) is 0. The van der Waals surface area contributed by atoms with E-state index in [4.69, 9.17) is 0 Å². The zero-order valence-corrected chi connectivity index (χ0v) is 4.87. The molecule has 0 saturated carbocycles. The quantitative estimate of drug-likeness (QED) is 0.442. The third-order valence-electron chi connectivity index (χ3n) is 0. The Morgan fingerprint density at radius 1 is 1.00 bits per heavy atom. The van der Waals surface area contributed by atoms with Crippen molar-refractivity contribution in [1.82, 2.24) is 0 Å². The summed E-state index contributed by atoms with van der Waals surface area (Å²) in [6.45, 7) is 0. The van der Waals surface area contributed by atoms with Crippen molar-refractivity contribution in [1.29, 1.82) is 0 Å². The third kappa shape index (κ3) is 13.9. The molecule has 0 amide bonds. The standard InChI is InChI=1S/C2H2.Au.Cu/c1-2;;/h1-2H;;. The Morgan fingerprint density at radius 2 is 1.00 bits per heavy atom. The summed E-state index contributed by atoms with van der Waals surface area (Å²) in [6, 6.07) is 0. The second kappa shape index (κ2) is 45.2. The van der Waals surface area contributed by atoms with E-state index in [1.807, 2.05) is 0 Å². The van der Waals surface area contributed by atoms with Crippen LogP contribution in [0, 0.1) is 12.8 Å². The van der Waals surface area contributed by atoms with Crippen LogP contribution < -0.4 is 0 Å². The fourth-order valence-electron chi connectivity index (χ4n) is 0. The van der Waals surface area contributed by atoms with Crippen molar-refractivity contribution in [2.24, 2.45) is 0 Å². The van der Waals surface area contributed by atoms with E-state index in [1.54, 1.807) is 0 Å². The van der Waals surface area contributed by atoms with Gasteiger partial charge in [-0.3, -0.25) is 0 Å². The van der Waals surface area contributed by atoms with E-state index >= 15 is 0 Å². The van der Waals surface area contributed by atoms with Crippen LogP contribution in [0.1, 0.15) is 0 Å². The average Bonchev–Trinajstić information content (AvgIpc) is 1.00. The fourth-order valence-corrected chi connectivity index (χ4v) is 0. The van der Waals surface area contributed by atoms with Gasteiger partial charge in [0.15, 0.2) is 0 Å². The van der Waals surface area contributed by atoms with Gasteiger partial charge in [-0.25, -0.2) is 0 Å². The molecule has 0 aliphatic rings. The van der Waals surface area contributed by atoms with Gasteiger partial charge >= 0.3 is 0 Å². The largest absolute Gasteiger partial charge is 0.124 e. The minimum atomic E-state index is 0. The molecule has 0 saturated heterocycles. The van der Waals surface area contributed by atoms with E-state index in [9.17, 15) is 0 Å². The first-order chi connectivity index (χ1) is 1.00. The van der Waals surface area contributed by atoms with Crippen LogP contribution in [0.3, 0.4) is 0 Å². The first-order valence-electron chi connectivity index (χ1n) is 0.333. The van der Waals surface area contributed by atoms with Gasteiger partial charge in [0.25, 0.3) is 0 Å². The summed E-state index contributed by atoms with van der Waals surface area (Å²) in [4.78, 5) is 0. The smallest absolute Gasteiger partial charge is 0 e. The van der Waals surface area contributed by atoms with Gasteiger partial charge in [-0.1, -0.05) is 0 Å². The first-order valence-corrected chi connectivity index (χ1v) is 0.333. The van der Waals surface area contributed by atoms with Crippen LogP contribution >= 0.6 is 0 Å². The van der Waals surface area contributed by atoms with Crippen molar-refractivity contribution in [2.45, 2.75) is 0 Å². The van der Waals surface area contributed by atoms with Crippen LogP contribution in [0.2, 0.25) is 0 Å². The molecule has 0 aliphatic carbocycles. The molecule has 32 valence electrons. The number of terminal acetylenes is 1. The molecule has 0 aliphatic heterocycles. The molecule has 0 N–H and O–H groups in total. The van der Waals surface area contributed by atoms with Crippen molar-refractivity contribution in [3.8, 4) is 12.8 Å². The van der Waals surface area contributed by atoms with Crippen molar-refractivity contribution < 1.29 is 39.4 Å². The minimum Gasteiger partial charge on any atom is -0.124 e. The number of hydrogen-bond donors (Lipinski definition) is 0. The molecule has 0 heterocycles. The summed E-state index contributed by atoms with van der Waals surface area (Å²) < 4.78 is 0. The van der Waals surface area contributed by atoms with Crippen molar-refractivity contribution >= 4 is 0 Å². The topological polar surface area (TPSA) is 0 Å². The van der Waals surface area contributed by atoms with Gasteiger partial charge in [-0.2, -0.15) is 0 Å². The van der Waals surface area contributed by atoms with Crippen molar-refractivity contribution in [3.63, 3.8) is 0 Å². The molecule has 0 spiro atoms. The van der Waals surface area contributed by atoms with Gasteiger partial charge in [0, 0.05) is 39.4 Å². The van der Waals surface area contributed by atoms with Gasteiger partial charge < -0.3 is 0 Å². The molecule has 0 nitrogen and oxygen atoms in total. The molecule has 0 bridgehead atoms. The van der Waals surface area contributed by atoms with E-state index in [2.05, 4.69) is 12.8 Å². The Morgan fingerprint density at radius 3 is 1.00 bits per heavy atom. The summed E-state index contributed by atoms with van der Waals surface area (Å²) in [6.07, 6.45) is 8.00. The Kier molecular flexibility index (Phi) is 240. The summed E-state index contributed by atoms with van der Waals surface area (Å²) in [7, 11) is 0. The Bertz CT molecular complexity index is 10.8. The monoisotopic (exact) mass is 286 g/mol. The number of hydrogen-bond acceptors (Lipinski definition) is 0. The van der Waals surface area contributed by atoms with Crippen molar-refractivity contribution in [3.05, 3.63) is 0 Å². The van der Waals surface area contributed by atoms with E-state index in [0.717, 1.165) is 0 Å². The zero-order valence-electron chi connectivity index (χ0n) is 1.76.